The molecule has 1 saturated heterocycles. The van der Waals surface area contributed by atoms with E-state index in [1.807, 2.05) is 42.3 Å². The minimum absolute atomic E-state index is 0.0881. The standard InChI is InChI=1S/C26H30N6O2/c1-17-11-13-32(14-12-17)18-9-10-20(23(15-18)34-4)28-26-27-16-22-24(29-26)30(2)21-8-6-5-7-19(21)25(33)31(22)3/h5-10,15-17H,11-14H2,1-4H3,(H,27,28,29). The lowest BCUT2D eigenvalue weighted by Gasteiger charge is -2.32. The average molecular weight is 459 g/mol. The van der Waals surface area contributed by atoms with Gasteiger partial charge in [-0.2, -0.15) is 4.98 Å². The number of carbonyl (C=O) groups is 1. The highest BCUT2D eigenvalue weighted by molar-refractivity contribution is 6.13. The predicted octanol–water partition coefficient (Wildman–Crippen LogP) is 4.82. The number of nitrogens with one attached hydrogen (secondary N) is 1. The van der Waals surface area contributed by atoms with Crippen LogP contribution in [-0.4, -0.2) is 50.2 Å². The van der Waals surface area contributed by atoms with E-state index in [-0.39, 0.29) is 5.91 Å². The Morgan fingerprint density at radius 1 is 1.03 bits per heavy atom. The SMILES string of the molecule is COc1cc(N2CCC(C)CC2)ccc1Nc1ncc2c(n1)N(C)c1ccccc1C(=O)N2C. The summed E-state index contributed by atoms with van der Waals surface area (Å²) in [5, 5.41) is 3.31. The quantitative estimate of drug-likeness (QED) is 0.601. The van der Waals surface area contributed by atoms with Crippen molar-refractivity contribution in [2.24, 2.45) is 5.92 Å². The molecule has 1 N–H and O–H groups in total. The molecule has 1 fully saturated rings. The van der Waals surface area contributed by atoms with E-state index in [2.05, 4.69) is 34.3 Å². The maximum Gasteiger partial charge on any atom is 0.260 e. The summed E-state index contributed by atoms with van der Waals surface area (Å²) >= 11 is 0. The molecule has 0 atom stereocenters. The fourth-order valence-corrected chi connectivity index (χ4v) is 4.63. The van der Waals surface area contributed by atoms with Crippen LogP contribution < -0.4 is 24.8 Å². The molecule has 176 valence electrons. The zero-order chi connectivity index (χ0) is 23.8. The highest BCUT2D eigenvalue weighted by Gasteiger charge is 2.29. The summed E-state index contributed by atoms with van der Waals surface area (Å²) in [6, 6.07) is 13.7. The first-order chi connectivity index (χ1) is 16.5. The number of ether oxygens (including phenoxy) is 1. The zero-order valence-corrected chi connectivity index (χ0v) is 20.1. The number of fused-ring (bicyclic) bond motifs is 2. The number of nitrogens with zero attached hydrogens (tertiary/aromatic N) is 5. The summed E-state index contributed by atoms with van der Waals surface area (Å²) in [6.07, 6.45) is 4.10. The molecule has 2 aliphatic heterocycles. The minimum Gasteiger partial charge on any atom is -0.494 e. The van der Waals surface area contributed by atoms with E-state index in [0.29, 0.717) is 23.0 Å². The molecule has 0 unspecified atom stereocenters. The number of anilines is 6. The van der Waals surface area contributed by atoms with Gasteiger partial charge in [-0.25, -0.2) is 4.98 Å². The molecular formula is C26H30N6O2. The highest BCUT2D eigenvalue weighted by Crippen LogP contribution is 2.39. The highest BCUT2D eigenvalue weighted by atomic mass is 16.5. The van der Waals surface area contributed by atoms with Gasteiger partial charge < -0.3 is 24.8 Å². The topological polar surface area (TPSA) is 73.8 Å². The first kappa shape index (κ1) is 22.0. The summed E-state index contributed by atoms with van der Waals surface area (Å²) in [7, 11) is 5.33. The van der Waals surface area contributed by atoms with Crippen molar-refractivity contribution in [3.05, 3.63) is 54.2 Å². The Morgan fingerprint density at radius 3 is 2.56 bits per heavy atom. The van der Waals surface area contributed by atoms with Gasteiger partial charge >= 0.3 is 0 Å². The van der Waals surface area contributed by atoms with Crippen molar-refractivity contribution >= 4 is 40.4 Å². The van der Waals surface area contributed by atoms with Crippen LogP contribution in [0.15, 0.2) is 48.7 Å². The van der Waals surface area contributed by atoms with Crippen LogP contribution in [0, 0.1) is 5.92 Å². The molecule has 1 amide bonds. The molecule has 3 heterocycles. The number of hydrogen-bond acceptors (Lipinski definition) is 7. The van der Waals surface area contributed by atoms with Crippen LogP contribution in [-0.2, 0) is 0 Å². The molecule has 0 bridgehead atoms. The molecule has 0 spiro atoms. The molecule has 5 rings (SSSR count). The maximum absolute atomic E-state index is 13.0. The van der Waals surface area contributed by atoms with Crippen molar-refractivity contribution in [1.82, 2.24) is 9.97 Å². The molecule has 2 aromatic carbocycles. The molecule has 0 saturated carbocycles. The molecule has 8 heteroatoms. The molecule has 2 aliphatic rings. The third-order valence-electron chi connectivity index (χ3n) is 6.81. The first-order valence-electron chi connectivity index (χ1n) is 11.6. The van der Waals surface area contributed by atoms with Gasteiger partial charge in [0.2, 0.25) is 5.95 Å². The normalized spacial score (nSPS) is 16.1. The third kappa shape index (κ3) is 3.89. The van der Waals surface area contributed by atoms with Crippen molar-refractivity contribution in [3.63, 3.8) is 0 Å². The van der Waals surface area contributed by atoms with Gasteiger partial charge in [0.25, 0.3) is 5.91 Å². The van der Waals surface area contributed by atoms with Gasteiger partial charge in [0, 0.05) is 38.9 Å². The van der Waals surface area contributed by atoms with Crippen LogP contribution in [0.5, 0.6) is 5.75 Å². The molecule has 3 aromatic rings. The van der Waals surface area contributed by atoms with Crippen molar-refractivity contribution in [3.8, 4) is 5.75 Å². The Kier molecular flexibility index (Phi) is 5.73. The molecule has 8 nitrogen and oxygen atoms in total. The Hall–Kier alpha value is -3.81. The van der Waals surface area contributed by atoms with Crippen molar-refractivity contribution < 1.29 is 9.53 Å². The number of benzene rings is 2. The maximum atomic E-state index is 13.0. The van der Waals surface area contributed by atoms with E-state index in [4.69, 9.17) is 9.72 Å². The van der Waals surface area contributed by atoms with Gasteiger partial charge in [-0.3, -0.25) is 4.79 Å². The number of carbonyl (C=O) groups excluding carboxylic acids is 1. The third-order valence-corrected chi connectivity index (χ3v) is 6.81. The molecule has 1 aromatic heterocycles. The van der Waals surface area contributed by atoms with Gasteiger partial charge in [-0.1, -0.05) is 19.1 Å². The van der Waals surface area contributed by atoms with E-state index >= 15 is 0 Å². The number of para-hydroxylation sites is 1. The Labute approximate surface area is 200 Å². The lowest BCUT2D eigenvalue weighted by molar-refractivity contribution is 0.0994. The van der Waals surface area contributed by atoms with Crippen molar-refractivity contribution in [2.45, 2.75) is 19.8 Å². The van der Waals surface area contributed by atoms with Gasteiger partial charge in [0.15, 0.2) is 5.82 Å². The van der Waals surface area contributed by atoms with E-state index < -0.39 is 0 Å². The summed E-state index contributed by atoms with van der Waals surface area (Å²) in [6.45, 7) is 4.44. The number of hydrogen-bond donors (Lipinski definition) is 1. The molecule has 34 heavy (non-hydrogen) atoms. The summed E-state index contributed by atoms with van der Waals surface area (Å²) < 4.78 is 5.69. The molecular weight excluding hydrogens is 428 g/mol. The van der Waals surface area contributed by atoms with E-state index in [1.54, 1.807) is 25.3 Å². The zero-order valence-electron chi connectivity index (χ0n) is 20.1. The van der Waals surface area contributed by atoms with Gasteiger partial charge in [-0.05, 0) is 43.0 Å². The van der Waals surface area contributed by atoms with Crippen LogP contribution >= 0.6 is 0 Å². The first-order valence-corrected chi connectivity index (χ1v) is 11.6. The lowest BCUT2D eigenvalue weighted by atomic mass is 9.99. The predicted molar refractivity (Wildman–Crippen MR) is 136 cm³/mol. The van der Waals surface area contributed by atoms with Crippen LogP contribution in [0.2, 0.25) is 0 Å². The van der Waals surface area contributed by atoms with E-state index in [9.17, 15) is 4.79 Å². The molecule has 0 radical (unpaired) electrons. The van der Waals surface area contributed by atoms with E-state index in [1.165, 1.54) is 12.8 Å². The lowest BCUT2D eigenvalue weighted by Crippen LogP contribution is -2.32. The second kappa shape index (κ2) is 8.85. The Balaban J connectivity index is 1.45. The largest absolute Gasteiger partial charge is 0.494 e. The van der Waals surface area contributed by atoms with Crippen molar-refractivity contribution in [2.75, 3.05) is 54.3 Å². The minimum atomic E-state index is -0.0881. The second-order valence-corrected chi connectivity index (χ2v) is 9.02. The van der Waals surface area contributed by atoms with Gasteiger partial charge in [-0.15, -0.1) is 0 Å². The summed E-state index contributed by atoms with van der Waals surface area (Å²) in [4.78, 5) is 28.2. The fraction of sp³-hybridized carbons (Fsp3) is 0.346. The average Bonchev–Trinajstić information content (AvgIpc) is 2.94. The summed E-state index contributed by atoms with van der Waals surface area (Å²) in [5.41, 5.74) is 4.03. The van der Waals surface area contributed by atoms with Crippen LogP contribution in [0.4, 0.5) is 34.5 Å². The second-order valence-electron chi connectivity index (χ2n) is 9.02. The number of aromatic nitrogens is 2. The fourth-order valence-electron chi connectivity index (χ4n) is 4.63. The summed E-state index contributed by atoms with van der Waals surface area (Å²) in [5.74, 6) is 2.51. The number of methoxy groups -OCH3 is 1. The number of amides is 1. The van der Waals surface area contributed by atoms with Crippen molar-refractivity contribution in [1.29, 1.82) is 0 Å². The number of rotatable bonds is 4. The van der Waals surface area contributed by atoms with Crippen LogP contribution in [0.1, 0.15) is 30.1 Å². The molecule has 0 aliphatic carbocycles. The Morgan fingerprint density at radius 2 is 1.79 bits per heavy atom. The van der Waals surface area contributed by atoms with E-state index in [0.717, 1.165) is 41.8 Å². The smallest absolute Gasteiger partial charge is 0.260 e. The van der Waals surface area contributed by atoms with Crippen LogP contribution in [0.25, 0.3) is 0 Å². The van der Waals surface area contributed by atoms with Gasteiger partial charge in [0.1, 0.15) is 11.4 Å². The van der Waals surface area contributed by atoms with Gasteiger partial charge in [0.05, 0.1) is 30.2 Å². The van der Waals surface area contributed by atoms with Crippen LogP contribution in [0.3, 0.4) is 0 Å². The number of piperidine rings is 1. The monoisotopic (exact) mass is 458 g/mol. The Bertz CT molecular complexity index is 1220.